The molecule has 29 heavy (non-hydrogen) atoms. The number of hydrogen-bond donors (Lipinski definition) is 3. The molecule has 6 nitrogen and oxygen atoms in total. The summed E-state index contributed by atoms with van der Waals surface area (Å²) in [7, 11) is 0. The molecule has 0 amide bonds. The van der Waals surface area contributed by atoms with Crippen molar-refractivity contribution in [3.63, 3.8) is 0 Å². The third-order valence-corrected chi connectivity index (χ3v) is 3.83. The first-order valence-electron chi connectivity index (χ1n) is 7.95. The van der Waals surface area contributed by atoms with E-state index in [4.69, 9.17) is 0 Å². The van der Waals surface area contributed by atoms with E-state index < -0.39 is 78.9 Å². The van der Waals surface area contributed by atoms with Crippen molar-refractivity contribution in [2.24, 2.45) is 0 Å². The zero-order valence-electron chi connectivity index (χ0n) is 14.5. The van der Waals surface area contributed by atoms with E-state index in [0.717, 1.165) is 0 Å². The predicted octanol–water partition coefficient (Wildman–Crippen LogP) is 3.68. The van der Waals surface area contributed by atoms with Gasteiger partial charge in [-0.05, 0) is 13.3 Å². The van der Waals surface area contributed by atoms with Crippen LogP contribution in [0.25, 0.3) is 5.57 Å². The molecule has 2 atom stereocenters. The second-order valence-electron chi connectivity index (χ2n) is 6.17. The van der Waals surface area contributed by atoms with Gasteiger partial charge in [0.2, 0.25) is 11.9 Å². The van der Waals surface area contributed by atoms with Crippen LogP contribution in [-0.4, -0.2) is 57.0 Å². The number of nitrogens with one attached hydrogen (secondary N) is 2. The Bertz CT molecular complexity index is 778. The van der Waals surface area contributed by atoms with Crippen LogP contribution in [0, 0.1) is 0 Å². The van der Waals surface area contributed by atoms with E-state index in [1.54, 1.807) is 10.6 Å². The Hall–Kier alpha value is -2.32. The Balaban J connectivity index is 2.45. The highest BCUT2D eigenvalue weighted by atomic mass is 19.4. The molecule has 0 spiro atoms. The van der Waals surface area contributed by atoms with Crippen molar-refractivity contribution in [3.8, 4) is 0 Å². The molecule has 0 saturated carbocycles. The van der Waals surface area contributed by atoms with E-state index in [0.29, 0.717) is 6.92 Å². The van der Waals surface area contributed by atoms with E-state index >= 15 is 0 Å². The van der Waals surface area contributed by atoms with Gasteiger partial charge in [0.1, 0.15) is 18.4 Å². The van der Waals surface area contributed by atoms with Crippen LogP contribution in [0.1, 0.15) is 25.6 Å². The first-order valence-corrected chi connectivity index (χ1v) is 7.95. The monoisotopic (exact) mass is 439 g/mol. The zero-order valence-corrected chi connectivity index (χ0v) is 14.5. The van der Waals surface area contributed by atoms with Crippen molar-refractivity contribution in [2.75, 3.05) is 17.2 Å². The minimum atomic E-state index is -4.78. The topological polar surface area (TPSA) is 83.0 Å². The molecule has 2 rings (SSSR count). The van der Waals surface area contributed by atoms with Crippen molar-refractivity contribution >= 4 is 17.5 Å². The van der Waals surface area contributed by atoms with Gasteiger partial charge in [0.15, 0.2) is 11.9 Å². The summed E-state index contributed by atoms with van der Waals surface area (Å²) in [4.78, 5) is 10.3. The largest absolute Gasteiger partial charge is 0.408 e. The number of halogens is 9. The van der Waals surface area contributed by atoms with Gasteiger partial charge in [0.05, 0.1) is 0 Å². The van der Waals surface area contributed by atoms with Crippen LogP contribution >= 0.6 is 0 Å². The maximum atomic E-state index is 14.2. The second-order valence-corrected chi connectivity index (χ2v) is 6.17. The fourth-order valence-electron chi connectivity index (χ4n) is 2.23. The molecule has 0 fully saturated rings. The number of aromatic nitrogens is 3. The fraction of sp³-hybridized carbons (Fsp3) is 0.643. The van der Waals surface area contributed by atoms with Gasteiger partial charge in [-0.3, -0.25) is 0 Å². The fourth-order valence-corrected chi connectivity index (χ4v) is 2.23. The molecule has 0 aliphatic heterocycles. The number of anilines is 2. The summed E-state index contributed by atoms with van der Waals surface area (Å²) in [6.07, 6.45) is -14.1. The summed E-state index contributed by atoms with van der Waals surface area (Å²) in [5, 5.41) is 12.8. The van der Waals surface area contributed by atoms with Crippen LogP contribution in [0.3, 0.4) is 0 Å². The zero-order chi connectivity index (χ0) is 22.2. The van der Waals surface area contributed by atoms with E-state index in [2.05, 4.69) is 15.0 Å². The Morgan fingerprint density at radius 2 is 1.69 bits per heavy atom. The van der Waals surface area contributed by atoms with E-state index in [1.165, 1.54) is 0 Å². The van der Waals surface area contributed by atoms with Crippen molar-refractivity contribution in [1.82, 2.24) is 15.0 Å². The van der Waals surface area contributed by atoms with Crippen LogP contribution in [-0.2, 0) is 0 Å². The molecule has 1 aliphatic rings. The van der Waals surface area contributed by atoms with Gasteiger partial charge < -0.3 is 15.7 Å². The van der Waals surface area contributed by atoms with Gasteiger partial charge in [-0.2, -0.15) is 41.3 Å². The molecule has 3 N–H and O–H groups in total. The smallest absolute Gasteiger partial charge is 0.380 e. The third kappa shape index (κ3) is 5.83. The number of allylic oxidation sites excluding steroid dienone is 1. The number of aliphatic hydroxyl groups is 1. The first kappa shape index (κ1) is 23.0. The molecule has 1 aromatic heterocycles. The van der Waals surface area contributed by atoms with Crippen LogP contribution < -0.4 is 10.6 Å². The van der Waals surface area contributed by atoms with Crippen LogP contribution in [0.5, 0.6) is 0 Å². The minimum Gasteiger partial charge on any atom is -0.380 e. The molecule has 1 aliphatic carbocycles. The molecular weight excluding hydrogens is 425 g/mol. The molecule has 1 heterocycles. The summed E-state index contributed by atoms with van der Waals surface area (Å²) in [5.74, 6) is -8.05. The quantitative estimate of drug-likeness (QED) is 0.608. The molecule has 164 valence electrons. The van der Waals surface area contributed by atoms with Crippen LogP contribution in [0.2, 0.25) is 0 Å². The maximum Gasteiger partial charge on any atom is 0.408 e. The summed E-state index contributed by atoms with van der Waals surface area (Å²) < 4.78 is 116. The minimum absolute atomic E-state index is 0.664. The van der Waals surface area contributed by atoms with E-state index in [-0.39, 0.29) is 0 Å². The highest BCUT2D eigenvalue weighted by Gasteiger charge is 2.46. The van der Waals surface area contributed by atoms with Gasteiger partial charge in [-0.15, -0.1) is 0 Å². The van der Waals surface area contributed by atoms with E-state index in [9.17, 15) is 44.6 Å². The van der Waals surface area contributed by atoms with Gasteiger partial charge >= 0.3 is 12.4 Å². The second kappa shape index (κ2) is 7.84. The van der Waals surface area contributed by atoms with Crippen LogP contribution in [0.15, 0.2) is 5.83 Å². The highest BCUT2D eigenvalue weighted by molar-refractivity contribution is 5.66. The van der Waals surface area contributed by atoms with Crippen LogP contribution in [0.4, 0.5) is 51.4 Å². The average molecular weight is 439 g/mol. The Kier molecular flexibility index (Phi) is 6.20. The predicted molar refractivity (Wildman–Crippen MR) is 81.7 cm³/mol. The Labute approximate surface area is 157 Å². The highest BCUT2D eigenvalue weighted by Crippen LogP contribution is 2.41. The molecule has 0 radical (unpaired) electrons. The lowest BCUT2D eigenvalue weighted by Crippen LogP contribution is -2.37. The first-order chi connectivity index (χ1) is 13.1. The molecular formula is C14H14F9N5O. The lowest BCUT2D eigenvalue weighted by atomic mass is 9.92. The number of nitrogens with zero attached hydrogens (tertiary/aromatic N) is 3. The average Bonchev–Trinajstić information content (AvgIpc) is 2.56. The summed E-state index contributed by atoms with van der Waals surface area (Å²) in [6, 6.07) is -2.24. The molecule has 0 saturated heterocycles. The SMILES string of the molecule is C[C@@H](Nc1nc(NCC(F)(F)F)nc(C2=C(F)[C@@H](O)C(F)(F)CC2)n1)C(F)(F)F. The molecule has 0 aromatic carbocycles. The van der Waals surface area contributed by atoms with Gasteiger partial charge in [-0.1, -0.05) is 0 Å². The maximum absolute atomic E-state index is 14.2. The van der Waals surface area contributed by atoms with Crippen molar-refractivity contribution < 1.29 is 44.6 Å². The lowest BCUT2D eigenvalue weighted by Gasteiger charge is -2.27. The summed E-state index contributed by atoms with van der Waals surface area (Å²) in [5.41, 5.74) is -0.677. The van der Waals surface area contributed by atoms with Gasteiger partial charge in [0, 0.05) is 12.0 Å². The molecule has 0 unspecified atom stereocenters. The van der Waals surface area contributed by atoms with Crippen molar-refractivity contribution in [3.05, 3.63) is 11.7 Å². The normalized spacial score (nSPS) is 21.1. The van der Waals surface area contributed by atoms with Gasteiger partial charge in [-0.25, -0.2) is 13.2 Å². The Morgan fingerprint density at radius 1 is 1.10 bits per heavy atom. The van der Waals surface area contributed by atoms with Gasteiger partial charge in [0.25, 0.3) is 5.92 Å². The summed E-state index contributed by atoms with van der Waals surface area (Å²) >= 11 is 0. The number of aliphatic hydroxyl groups excluding tert-OH is 1. The number of hydrogen-bond acceptors (Lipinski definition) is 6. The Morgan fingerprint density at radius 3 is 2.24 bits per heavy atom. The third-order valence-electron chi connectivity index (χ3n) is 3.83. The number of rotatable bonds is 5. The molecule has 1 aromatic rings. The standard InChI is InChI=1S/C14H14F9N5O/c1-5(14(21,22)23)25-11-27-9(26-10(28-11)24-4-13(18,19)20)6-2-3-12(16,17)8(29)7(6)15/h5,8,29H,2-4H2,1H3,(H2,24,25,26,27,28)/t5-,8-/m1/s1. The van der Waals surface area contributed by atoms with Crippen molar-refractivity contribution in [2.45, 2.75) is 50.2 Å². The molecule has 15 heteroatoms. The number of alkyl halides is 8. The van der Waals surface area contributed by atoms with Crippen molar-refractivity contribution in [1.29, 1.82) is 0 Å². The lowest BCUT2D eigenvalue weighted by molar-refractivity contribution is -0.138. The molecule has 0 bridgehead atoms. The summed E-state index contributed by atoms with van der Waals surface area (Å²) in [6.45, 7) is -1.01. The van der Waals surface area contributed by atoms with E-state index in [1.807, 2.05) is 0 Å².